The van der Waals surface area contributed by atoms with E-state index in [1.165, 1.54) is 15.3 Å². The van der Waals surface area contributed by atoms with Crippen molar-refractivity contribution in [1.82, 2.24) is 14.9 Å². The molecule has 19 heavy (non-hydrogen) atoms. The van der Waals surface area contributed by atoms with Crippen molar-refractivity contribution in [1.29, 1.82) is 0 Å². The van der Waals surface area contributed by atoms with E-state index < -0.39 is 0 Å². The second-order valence-corrected chi connectivity index (χ2v) is 6.06. The van der Waals surface area contributed by atoms with Gasteiger partial charge in [0, 0.05) is 23.3 Å². The number of hydrogen-bond donors (Lipinski definition) is 1. The zero-order valence-electron chi connectivity index (χ0n) is 11.2. The van der Waals surface area contributed by atoms with Crippen LogP contribution >= 0.6 is 11.3 Å². The topological polar surface area (TPSA) is 29.9 Å². The highest BCUT2D eigenvalue weighted by Crippen LogP contribution is 2.16. The van der Waals surface area contributed by atoms with Gasteiger partial charge in [-0.2, -0.15) is 0 Å². The van der Waals surface area contributed by atoms with Crippen LogP contribution in [0, 0.1) is 6.92 Å². The molecule has 3 nitrogen and oxygen atoms in total. The van der Waals surface area contributed by atoms with Crippen molar-refractivity contribution >= 4 is 22.4 Å². The fraction of sp³-hybridized carbons (Fsp3) is 0.267. The van der Waals surface area contributed by atoms with Crippen molar-refractivity contribution in [3.63, 3.8) is 0 Å². The third-order valence-corrected chi connectivity index (χ3v) is 4.26. The number of thiophene rings is 1. The van der Waals surface area contributed by atoms with Crippen LogP contribution in [0.1, 0.15) is 15.6 Å². The van der Waals surface area contributed by atoms with Crippen LogP contribution in [0.3, 0.4) is 0 Å². The van der Waals surface area contributed by atoms with E-state index in [4.69, 9.17) is 0 Å². The summed E-state index contributed by atoms with van der Waals surface area (Å²) in [7, 11) is 2.07. The molecular formula is C15H17N3S. The third-order valence-electron chi connectivity index (χ3n) is 3.26. The molecule has 2 aromatic heterocycles. The molecule has 0 radical (unpaired) electrons. The molecule has 0 spiro atoms. The van der Waals surface area contributed by atoms with Gasteiger partial charge in [-0.05, 0) is 31.2 Å². The molecule has 1 aromatic carbocycles. The number of para-hydroxylation sites is 2. The van der Waals surface area contributed by atoms with Crippen LogP contribution in [0.15, 0.2) is 36.4 Å². The fourth-order valence-corrected chi connectivity index (χ4v) is 3.09. The second kappa shape index (κ2) is 5.15. The van der Waals surface area contributed by atoms with Gasteiger partial charge in [0.1, 0.15) is 5.82 Å². The van der Waals surface area contributed by atoms with Gasteiger partial charge in [0.25, 0.3) is 0 Å². The molecular weight excluding hydrogens is 254 g/mol. The first-order valence-electron chi connectivity index (χ1n) is 6.40. The van der Waals surface area contributed by atoms with Gasteiger partial charge in [-0.15, -0.1) is 11.3 Å². The van der Waals surface area contributed by atoms with Crippen molar-refractivity contribution < 1.29 is 0 Å². The predicted molar refractivity (Wildman–Crippen MR) is 80.3 cm³/mol. The second-order valence-electron chi connectivity index (χ2n) is 4.69. The van der Waals surface area contributed by atoms with Crippen molar-refractivity contribution in [2.24, 2.45) is 7.05 Å². The molecule has 1 N–H and O–H groups in total. The Morgan fingerprint density at radius 3 is 2.74 bits per heavy atom. The number of rotatable bonds is 4. The van der Waals surface area contributed by atoms with Crippen molar-refractivity contribution in [3.8, 4) is 0 Å². The predicted octanol–water partition coefficient (Wildman–Crippen LogP) is 3.23. The lowest BCUT2D eigenvalue weighted by atomic mass is 10.3. The van der Waals surface area contributed by atoms with Crippen LogP contribution in [-0.2, 0) is 20.1 Å². The summed E-state index contributed by atoms with van der Waals surface area (Å²) in [6.45, 7) is 3.84. The number of nitrogens with zero attached hydrogens (tertiary/aromatic N) is 2. The van der Waals surface area contributed by atoms with Crippen molar-refractivity contribution in [2.45, 2.75) is 20.0 Å². The fourth-order valence-electron chi connectivity index (χ4n) is 2.23. The zero-order valence-corrected chi connectivity index (χ0v) is 12.0. The van der Waals surface area contributed by atoms with E-state index in [-0.39, 0.29) is 0 Å². The molecule has 0 aliphatic carbocycles. The average Bonchev–Trinajstić information content (AvgIpc) is 2.96. The summed E-state index contributed by atoms with van der Waals surface area (Å²) in [5.74, 6) is 1.08. The molecule has 0 fully saturated rings. The Morgan fingerprint density at radius 1 is 1.16 bits per heavy atom. The smallest absolute Gasteiger partial charge is 0.123 e. The number of fused-ring (bicyclic) bond motifs is 1. The lowest BCUT2D eigenvalue weighted by Gasteiger charge is -2.03. The number of aromatic nitrogens is 2. The van der Waals surface area contributed by atoms with E-state index in [1.807, 2.05) is 17.4 Å². The molecule has 3 aromatic rings. The largest absolute Gasteiger partial charge is 0.330 e. The molecule has 4 heteroatoms. The van der Waals surface area contributed by atoms with Gasteiger partial charge < -0.3 is 9.88 Å². The van der Waals surface area contributed by atoms with E-state index in [9.17, 15) is 0 Å². The van der Waals surface area contributed by atoms with Gasteiger partial charge in [0.2, 0.25) is 0 Å². The van der Waals surface area contributed by atoms with Crippen LogP contribution in [0.4, 0.5) is 0 Å². The molecule has 0 aliphatic rings. The summed E-state index contributed by atoms with van der Waals surface area (Å²) in [5, 5.41) is 3.46. The Hall–Kier alpha value is -1.65. The number of aryl methyl sites for hydroxylation is 2. The van der Waals surface area contributed by atoms with Gasteiger partial charge in [-0.3, -0.25) is 0 Å². The first-order chi connectivity index (χ1) is 9.24. The quantitative estimate of drug-likeness (QED) is 0.789. The van der Waals surface area contributed by atoms with Crippen LogP contribution in [-0.4, -0.2) is 9.55 Å². The maximum atomic E-state index is 4.65. The van der Waals surface area contributed by atoms with Crippen molar-refractivity contribution in [2.75, 3.05) is 0 Å². The lowest BCUT2D eigenvalue weighted by molar-refractivity contribution is 0.648. The normalized spacial score (nSPS) is 11.3. The Labute approximate surface area is 116 Å². The Morgan fingerprint density at radius 2 is 2.00 bits per heavy atom. The number of benzene rings is 1. The van der Waals surface area contributed by atoms with Gasteiger partial charge in [0.05, 0.1) is 17.6 Å². The third kappa shape index (κ3) is 2.55. The summed E-state index contributed by atoms with van der Waals surface area (Å²) in [4.78, 5) is 7.38. The van der Waals surface area contributed by atoms with Gasteiger partial charge in [-0.25, -0.2) is 4.98 Å². The van der Waals surface area contributed by atoms with Gasteiger partial charge in [0.15, 0.2) is 0 Å². The maximum Gasteiger partial charge on any atom is 0.123 e. The SMILES string of the molecule is Cc1ccc(CNCc2nc3ccccc3n2C)s1. The number of imidazole rings is 1. The minimum atomic E-state index is 0.794. The minimum Gasteiger partial charge on any atom is -0.330 e. The maximum absolute atomic E-state index is 4.65. The highest BCUT2D eigenvalue weighted by atomic mass is 32.1. The Balaban J connectivity index is 1.70. The van der Waals surface area contributed by atoms with E-state index in [0.29, 0.717) is 0 Å². The highest BCUT2D eigenvalue weighted by Gasteiger charge is 2.06. The van der Waals surface area contributed by atoms with E-state index in [1.54, 1.807) is 0 Å². The molecule has 0 atom stereocenters. The number of nitrogens with one attached hydrogen (secondary N) is 1. The zero-order chi connectivity index (χ0) is 13.2. The monoisotopic (exact) mass is 271 g/mol. The molecule has 0 bridgehead atoms. The first kappa shape index (κ1) is 12.4. The standard InChI is InChI=1S/C15H17N3S/c1-11-7-8-12(19-11)9-16-10-15-17-13-5-3-4-6-14(13)18(15)2/h3-8,16H,9-10H2,1-2H3. The van der Waals surface area contributed by atoms with Crippen LogP contribution < -0.4 is 5.32 Å². The molecule has 0 amide bonds. The van der Waals surface area contributed by atoms with Crippen LogP contribution in [0.2, 0.25) is 0 Å². The molecule has 2 heterocycles. The van der Waals surface area contributed by atoms with Crippen molar-refractivity contribution in [3.05, 3.63) is 52.0 Å². The first-order valence-corrected chi connectivity index (χ1v) is 7.22. The minimum absolute atomic E-state index is 0.794. The van der Waals surface area contributed by atoms with E-state index >= 15 is 0 Å². The summed E-state index contributed by atoms with van der Waals surface area (Å²) in [6, 6.07) is 12.6. The molecule has 3 rings (SSSR count). The summed E-state index contributed by atoms with van der Waals surface area (Å²) in [5.41, 5.74) is 2.25. The molecule has 0 aliphatic heterocycles. The molecule has 0 saturated carbocycles. The van der Waals surface area contributed by atoms with Gasteiger partial charge in [-0.1, -0.05) is 12.1 Å². The average molecular weight is 271 g/mol. The molecule has 0 saturated heterocycles. The summed E-state index contributed by atoms with van der Waals surface area (Å²) in [6.07, 6.45) is 0. The summed E-state index contributed by atoms with van der Waals surface area (Å²) >= 11 is 1.84. The van der Waals surface area contributed by atoms with E-state index in [0.717, 1.165) is 24.4 Å². The molecule has 98 valence electrons. The van der Waals surface area contributed by atoms with Gasteiger partial charge >= 0.3 is 0 Å². The Kier molecular flexibility index (Phi) is 3.36. The van der Waals surface area contributed by atoms with Crippen LogP contribution in [0.5, 0.6) is 0 Å². The highest BCUT2D eigenvalue weighted by molar-refractivity contribution is 7.11. The Bertz CT molecular complexity index is 696. The van der Waals surface area contributed by atoms with Crippen LogP contribution in [0.25, 0.3) is 11.0 Å². The van der Waals surface area contributed by atoms with E-state index in [2.05, 4.69) is 59.2 Å². The summed E-state index contributed by atoms with van der Waals surface area (Å²) < 4.78 is 2.15. The molecule has 0 unspecified atom stereocenters. The lowest BCUT2D eigenvalue weighted by Crippen LogP contribution is -2.15. The number of hydrogen-bond acceptors (Lipinski definition) is 3.